The van der Waals surface area contributed by atoms with Crippen molar-refractivity contribution >= 4 is 17.8 Å². The molecule has 0 aliphatic carbocycles. The molecule has 1 saturated heterocycles. The smallest absolute Gasteiger partial charge is 0.326 e. The van der Waals surface area contributed by atoms with Crippen molar-refractivity contribution in [1.29, 1.82) is 0 Å². The topological polar surface area (TPSA) is 108 Å². The first-order valence-electron chi connectivity index (χ1n) is 7.43. The maximum atomic E-state index is 12.0. The highest BCUT2D eigenvalue weighted by molar-refractivity contribution is 5.91. The Morgan fingerprint density at radius 2 is 1.95 bits per heavy atom. The van der Waals surface area contributed by atoms with Gasteiger partial charge in [0.25, 0.3) is 0 Å². The van der Waals surface area contributed by atoms with Crippen LogP contribution in [-0.2, 0) is 14.4 Å². The van der Waals surface area contributed by atoms with Crippen LogP contribution in [0.25, 0.3) is 0 Å². The van der Waals surface area contributed by atoms with E-state index in [4.69, 9.17) is 5.11 Å². The largest absolute Gasteiger partial charge is 0.480 e. The van der Waals surface area contributed by atoms with Crippen LogP contribution in [0.5, 0.6) is 0 Å². The summed E-state index contributed by atoms with van der Waals surface area (Å²) in [6, 6.07) is -1.96. The van der Waals surface area contributed by atoms with E-state index in [1.54, 1.807) is 13.8 Å². The van der Waals surface area contributed by atoms with E-state index in [-0.39, 0.29) is 17.9 Å². The van der Waals surface area contributed by atoms with E-state index in [2.05, 4.69) is 16.0 Å². The summed E-state index contributed by atoms with van der Waals surface area (Å²) in [6.45, 7) is 5.99. The molecule has 4 N–H and O–H groups in total. The van der Waals surface area contributed by atoms with E-state index in [1.807, 2.05) is 6.92 Å². The van der Waals surface area contributed by atoms with Gasteiger partial charge in [0.2, 0.25) is 11.8 Å². The summed E-state index contributed by atoms with van der Waals surface area (Å²) >= 11 is 0. The summed E-state index contributed by atoms with van der Waals surface area (Å²) in [7, 11) is 0. The molecule has 0 aromatic heterocycles. The summed E-state index contributed by atoms with van der Waals surface area (Å²) in [6.07, 6.45) is 2.34. The predicted molar refractivity (Wildman–Crippen MR) is 77.7 cm³/mol. The van der Waals surface area contributed by atoms with Crippen molar-refractivity contribution in [3.8, 4) is 0 Å². The number of amides is 2. The quantitative estimate of drug-likeness (QED) is 0.523. The molecule has 4 unspecified atom stereocenters. The van der Waals surface area contributed by atoms with Crippen molar-refractivity contribution in [3.63, 3.8) is 0 Å². The molecule has 0 bridgehead atoms. The van der Waals surface area contributed by atoms with Gasteiger partial charge in [-0.15, -0.1) is 0 Å². The first-order valence-corrected chi connectivity index (χ1v) is 7.43. The molecule has 1 aliphatic heterocycles. The van der Waals surface area contributed by atoms with Gasteiger partial charge in [0, 0.05) is 0 Å². The number of hydrogen-bond acceptors (Lipinski definition) is 4. The molecule has 0 aromatic carbocycles. The minimum Gasteiger partial charge on any atom is -0.480 e. The second kappa shape index (κ2) is 7.97. The van der Waals surface area contributed by atoms with Gasteiger partial charge in [0.15, 0.2) is 0 Å². The van der Waals surface area contributed by atoms with Gasteiger partial charge in [-0.05, 0) is 32.2 Å². The summed E-state index contributed by atoms with van der Waals surface area (Å²) in [5, 5.41) is 17.3. The fraction of sp³-hybridized carbons (Fsp3) is 0.786. The number of carbonyl (C=O) groups is 3. The van der Waals surface area contributed by atoms with Crippen molar-refractivity contribution in [3.05, 3.63) is 0 Å². The third-order valence-corrected chi connectivity index (χ3v) is 3.91. The van der Waals surface area contributed by atoms with Crippen molar-refractivity contribution in [2.45, 2.75) is 58.2 Å². The average molecular weight is 299 g/mol. The van der Waals surface area contributed by atoms with Crippen LogP contribution in [0.2, 0.25) is 0 Å². The van der Waals surface area contributed by atoms with Crippen molar-refractivity contribution in [2.75, 3.05) is 6.54 Å². The molecule has 1 heterocycles. The molecule has 2 amide bonds. The molecular weight excluding hydrogens is 274 g/mol. The monoisotopic (exact) mass is 299 g/mol. The Morgan fingerprint density at radius 1 is 1.29 bits per heavy atom. The van der Waals surface area contributed by atoms with Crippen LogP contribution in [-0.4, -0.2) is 47.6 Å². The third-order valence-electron chi connectivity index (χ3n) is 3.91. The third kappa shape index (κ3) is 5.00. The lowest BCUT2D eigenvalue weighted by Crippen LogP contribution is -2.54. The van der Waals surface area contributed by atoms with E-state index in [0.717, 1.165) is 19.4 Å². The highest BCUT2D eigenvalue weighted by Gasteiger charge is 2.29. The molecule has 1 fully saturated rings. The maximum Gasteiger partial charge on any atom is 0.326 e. The Balaban J connectivity index is 2.52. The maximum absolute atomic E-state index is 12.0. The lowest BCUT2D eigenvalue weighted by atomic mass is 9.99. The molecule has 0 aromatic rings. The Morgan fingerprint density at radius 3 is 2.43 bits per heavy atom. The van der Waals surface area contributed by atoms with Gasteiger partial charge < -0.3 is 21.1 Å². The zero-order chi connectivity index (χ0) is 16.0. The molecular formula is C14H25N3O4. The summed E-state index contributed by atoms with van der Waals surface area (Å²) in [5.41, 5.74) is 0. The van der Waals surface area contributed by atoms with Gasteiger partial charge in [0.05, 0.1) is 6.04 Å². The van der Waals surface area contributed by atoms with Gasteiger partial charge in [-0.2, -0.15) is 0 Å². The lowest BCUT2D eigenvalue weighted by Gasteiger charge is -2.23. The first kappa shape index (κ1) is 17.4. The van der Waals surface area contributed by atoms with E-state index >= 15 is 0 Å². The van der Waals surface area contributed by atoms with Crippen LogP contribution < -0.4 is 16.0 Å². The molecule has 21 heavy (non-hydrogen) atoms. The molecule has 1 rings (SSSR count). The summed E-state index contributed by atoms with van der Waals surface area (Å²) < 4.78 is 0. The Kier molecular flexibility index (Phi) is 6.61. The van der Waals surface area contributed by atoms with E-state index in [1.165, 1.54) is 0 Å². The van der Waals surface area contributed by atoms with E-state index in [9.17, 15) is 14.4 Å². The molecule has 4 atom stereocenters. The zero-order valence-corrected chi connectivity index (χ0v) is 12.8. The molecule has 0 spiro atoms. The van der Waals surface area contributed by atoms with Gasteiger partial charge >= 0.3 is 5.97 Å². The SMILES string of the molecule is CCC(C)C(NC(=O)C(C)NC(=O)C1CCCN1)C(=O)O. The number of carbonyl (C=O) groups excluding carboxylic acids is 2. The zero-order valence-electron chi connectivity index (χ0n) is 12.8. The van der Waals surface area contributed by atoms with Gasteiger partial charge in [-0.3, -0.25) is 9.59 Å². The number of nitrogens with one attached hydrogen (secondary N) is 3. The van der Waals surface area contributed by atoms with Gasteiger partial charge in [0.1, 0.15) is 12.1 Å². The van der Waals surface area contributed by atoms with Gasteiger partial charge in [-0.1, -0.05) is 20.3 Å². The fourth-order valence-corrected chi connectivity index (χ4v) is 2.25. The highest BCUT2D eigenvalue weighted by atomic mass is 16.4. The molecule has 120 valence electrons. The number of carboxylic acids is 1. The van der Waals surface area contributed by atoms with Crippen LogP contribution in [0.3, 0.4) is 0 Å². The fourth-order valence-electron chi connectivity index (χ4n) is 2.25. The lowest BCUT2D eigenvalue weighted by molar-refractivity contribution is -0.143. The molecule has 7 nitrogen and oxygen atoms in total. The van der Waals surface area contributed by atoms with Crippen LogP contribution in [0.1, 0.15) is 40.0 Å². The minimum absolute atomic E-state index is 0.175. The van der Waals surface area contributed by atoms with Crippen LogP contribution >= 0.6 is 0 Å². The van der Waals surface area contributed by atoms with Crippen LogP contribution in [0.4, 0.5) is 0 Å². The molecule has 1 aliphatic rings. The normalized spacial score (nSPS) is 22.1. The van der Waals surface area contributed by atoms with E-state index < -0.39 is 24.0 Å². The van der Waals surface area contributed by atoms with Crippen LogP contribution in [0, 0.1) is 5.92 Å². The number of aliphatic carboxylic acids is 1. The Bertz CT molecular complexity index is 394. The Hall–Kier alpha value is -1.63. The number of carboxylic acid groups (broad SMARTS) is 1. The molecule has 0 saturated carbocycles. The first-order chi connectivity index (χ1) is 9.86. The standard InChI is InChI=1S/C14H25N3O4/c1-4-8(2)11(14(20)21)17-12(18)9(3)16-13(19)10-6-5-7-15-10/h8-11,15H,4-7H2,1-3H3,(H,16,19)(H,17,18)(H,20,21). The summed E-state index contributed by atoms with van der Waals surface area (Å²) in [5.74, 6) is -1.93. The van der Waals surface area contributed by atoms with E-state index in [0.29, 0.717) is 6.42 Å². The van der Waals surface area contributed by atoms with Crippen LogP contribution in [0.15, 0.2) is 0 Å². The second-order valence-electron chi connectivity index (χ2n) is 5.59. The average Bonchev–Trinajstić information content (AvgIpc) is 2.97. The van der Waals surface area contributed by atoms with Crippen molar-refractivity contribution in [1.82, 2.24) is 16.0 Å². The number of rotatable bonds is 7. The summed E-state index contributed by atoms with van der Waals surface area (Å²) in [4.78, 5) is 35.1. The highest BCUT2D eigenvalue weighted by Crippen LogP contribution is 2.08. The second-order valence-corrected chi connectivity index (χ2v) is 5.59. The van der Waals surface area contributed by atoms with Crippen molar-refractivity contribution in [2.24, 2.45) is 5.92 Å². The predicted octanol–water partition coefficient (Wildman–Crippen LogP) is -0.141. The molecule has 0 radical (unpaired) electrons. The van der Waals surface area contributed by atoms with Crippen molar-refractivity contribution < 1.29 is 19.5 Å². The number of hydrogen-bond donors (Lipinski definition) is 4. The minimum atomic E-state index is -1.06. The Labute approximate surface area is 124 Å². The molecule has 7 heteroatoms. The van der Waals surface area contributed by atoms with Gasteiger partial charge in [-0.25, -0.2) is 4.79 Å².